The lowest BCUT2D eigenvalue weighted by Gasteiger charge is -2.11. The summed E-state index contributed by atoms with van der Waals surface area (Å²) >= 11 is 10.8. The molecule has 0 fully saturated rings. The lowest BCUT2D eigenvalue weighted by Crippen LogP contribution is -2.48. The Labute approximate surface area is 152 Å². The molecule has 0 aliphatic heterocycles. The molecule has 0 aromatic heterocycles. The number of nitro groups is 1. The van der Waals surface area contributed by atoms with E-state index >= 15 is 0 Å². The molecule has 2 aromatic carbocycles. The van der Waals surface area contributed by atoms with Crippen molar-refractivity contribution < 1.29 is 14.5 Å². The van der Waals surface area contributed by atoms with Gasteiger partial charge in [0, 0.05) is 17.7 Å². The standard InChI is InChI=1S/C15H11ClN4O4S/c16-12-7-2-1-6-11(12)14(22)18-19-15(25)17-13(21)9-4-3-5-10(8-9)20(23)24/h1-8H,(H,18,22)(H2,17,19,21,25). The third-order valence-corrected chi connectivity index (χ3v) is 3.49. The van der Waals surface area contributed by atoms with E-state index in [4.69, 9.17) is 23.8 Å². The minimum absolute atomic E-state index is 0.0516. The maximum Gasteiger partial charge on any atom is 0.271 e. The molecule has 25 heavy (non-hydrogen) atoms. The number of hydrogen-bond acceptors (Lipinski definition) is 5. The number of halogens is 1. The van der Waals surface area contributed by atoms with Gasteiger partial charge < -0.3 is 0 Å². The van der Waals surface area contributed by atoms with Crippen molar-refractivity contribution in [2.45, 2.75) is 0 Å². The van der Waals surface area contributed by atoms with Gasteiger partial charge in [-0.1, -0.05) is 29.8 Å². The second-order valence-corrected chi connectivity index (χ2v) is 5.47. The van der Waals surface area contributed by atoms with Crippen LogP contribution in [-0.2, 0) is 0 Å². The number of amides is 2. The zero-order chi connectivity index (χ0) is 18.4. The van der Waals surface area contributed by atoms with E-state index in [1.54, 1.807) is 18.2 Å². The summed E-state index contributed by atoms with van der Waals surface area (Å²) in [5.74, 6) is -1.20. The Morgan fingerprint density at radius 1 is 1.04 bits per heavy atom. The SMILES string of the molecule is O=C(NC(=S)NNC(=O)c1ccccc1Cl)c1cccc([N+](=O)[O-])c1. The summed E-state index contributed by atoms with van der Waals surface area (Å²) in [5, 5.41) is 13.1. The third kappa shape index (κ3) is 4.96. The summed E-state index contributed by atoms with van der Waals surface area (Å²) in [5.41, 5.74) is 4.70. The van der Waals surface area contributed by atoms with Gasteiger partial charge in [0.2, 0.25) is 0 Å². The van der Waals surface area contributed by atoms with Crippen LogP contribution in [0.25, 0.3) is 0 Å². The average Bonchev–Trinajstić information content (AvgIpc) is 2.60. The minimum atomic E-state index is -0.659. The van der Waals surface area contributed by atoms with Gasteiger partial charge in [-0.3, -0.25) is 35.9 Å². The van der Waals surface area contributed by atoms with Gasteiger partial charge in [0.15, 0.2) is 5.11 Å². The number of non-ortho nitro benzene ring substituents is 1. The summed E-state index contributed by atoms with van der Waals surface area (Å²) in [6, 6.07) is 11.5. The van der Waals surface area contributed by atoms with Gasteiger partial charge in [0.05, 0.1) is 15.5 Å². The molecule has 0 bridgehead atoms. The van der Waals surface area contributed by atoms with Gasteiger partial charge in [-0.25, -0.2) is 0 Å². The fourth-order valence-electron chi connectivity index (χ4n) is 1.79. The van der Waals surface area contributed by atoms with E-state index in [-0.39, 0.29) is 26.9 Å². The first-order valence-electron chi connectivity index (χ1n) is 6.79. The average molecular weight is 379 g/mol. The van der Waals surface area contributed by atoms with Gasteiger partial charge >= 0.3 is 0 Å². The normalized spacial score (nSPS) is 9.80. The van der Waals surface area contributed by atoms with Crippen molar-refractivity contribution in [3.05, 3.63) is 74.8 Å². The molecule has 0 aliphatic rings. The Morgan fingerprint density at radius 2 is 1.76 bits per heavy atom. The molecule has 0 heterocycles. The summed E-state index contributed by atoms with van der Waals surface area (Å²) in [4.78, 5) is 34.0. The smallest absolute Gasteiger partial charge is 0.271 e. The second-order valence-electron chi connectivity index (χ2n) is 4.65. The summed E-state index contributed by atoms with van der Waals surface area (Å²) in [6.07, 6.45) is 0. The van der Waals surface area contributed by atoms with E-state index in [1.165, 1.54) is 24.3 Å². The van der Waals surface area contributed by atoms with Gasteiger partial charge in [-0.05, 0) is 30.4 Å². The molecular weight excluding hydrogens is 368 g/mol. The van der Waals surface area contributed by atoms with Gasteiger partial charge in [-0.15, -0.1) is 0 Å². The molecule has 0 radical (unpaired) electrons. The number of nitrogens with zero attached hydrogens (tertiary/aromatic N) is 1. The molecule has 0 atom stereocenters. The zero-order valence-electron chi connectivity index (χ0n) is 12.5. The highest BCUT2D eigenvalue weighted by Gasteiger charge is 2.14. The van der Waals surface area contributed by atoms with Crippen molar-refractivity contribution >= 4 is 46.4 Å². The molecule has 0 unspecified atom stereocenters. The maximum absolute atomic E-state index is 12.0. The third-order valence-electron chi connectivity index (χ3n) is 2.95. The van der Waals surface area contributed by atoms with Crippen LogP contribution in [0, 0.1) is 10.1 Å². The van der Waals surface area contributed by atoms with Crippen LogP contribution < -0.4 is 16.2 Å². The Kier molecular flexibility index (Phi) is 5.98. The highest BCUT2D eigenvalue weighted by Crippen LogP contribution is 2.14. The lowest BCUT2D eigenvalue weighted by molar-refractivity contribution is -0.384. The topological polar surface area (TPSA) is 113 Å². The lowest BCUT2D eigenvalue weighted by atomic mass is 10.2. The monoisotopic (exact) mass is 378 g/mol. The van der Waals surface area contributed by atoms with Crippen LogP contribution in [-0.4, -0.2) is 21.9 Å². The largest absolute Gasteiger partial charge is 0.298 e. The van der Waals surface area contributed by atoms with Crippen molar-refractivity contribution in [2.24, 2.45) is 0 Å². The maximum atomic E-state index is 12.0. The molecule has 8 nitrogen and oxygen atoms in total. The molecule has 10 heteroatoms. The number of benzene rings is 2. The molecule has 2 rings (SSSR count). The van der Waals surface area contributed by atoms with E-state index < -0.39 is 16.7 Å². The molecule has 2 amide bonds. The van der Waals surface area contributed by atoms with Crippen LogP contribution in [0.5, 0.6) is 0 Å². The van der Waals surface area contributed by atoms with Gasteiger partial charge in [0.1, 0.15) is 0 Å². The highest BCUT2D eigenvalue weighted by molar-refractivity contribution is 7.80. The Bertz CT molecular complexity index is 859. The number of hydrazine groups is 1. The highest BCUT2D eigenvalue weighted by atomic mass is 35.5. The first-order chi connectivity index (χ1) is 11.9. The number of carbonyl (C=O) groups excluding carboxylic acids is 2. The van der Waals surface area contributed by atoms with Crippen LogP contribution >= 0.6 is 23.8 Å². The fourth-order valence-corrected chi connectivity index (χ4v) is 2.16. The Hall–Kier alpha value is -3.04. The van der Waals surface area contributed by atoms with E-state index in [1.807, 2.05) is 0 Å². The number of nitrogens with one attached hydrogen (secondary N) is 3. The number of nitro benzene ring substituents is 1. The second kappa shape index (κ2) is 8.18. The predicted molar refractivity (Wildman–Crippen MR) is 95.2 cm³/mol. The molecule has 128 valence electrons. The van der Waals surface area contributed by atoms with E-state index in [9.17, 15) is 19.7 Å². The van der Waals surface area contributed by atoms with Crippen molar-refractivity contribution in [3.63, 3.8) is 0 Å². The zero-order valence-corrected chi connectivity index (χ0v) is 14.1. The quantitative estimate of drug-likeness (QED) is 0.428. The van der Waals surface area contributed by atoms with Gasteiger partial charge in [-0.2, -0.15) is 0 Å². The minimum Gasteiger partial charge on any atom is -0.298 e. The van der Waals surface area contributed by atoms with Crippen molar-refractivity contribution in [1.82, 2.24) is 16.2 Å². The first kappa shape index (κ1) is 18.3. The number of hydrogen-bond donors (Lipinski definition) is 3. The van der Waals surface area contributed by atoms with E-state index in [2.05, 4.69) is 16.2 Å². The Morgan fingerprint density at radius 3 is 2.44 bits per heavy atom. The van der Waals surface area contributed by atoms with Crippen LogP contribution in [0.1, 0.15) is 20.7 Å². The molecule has 0 saturated carbocycles. The van der Waals surface area contributed by atoms with Crippen LogP contribution in [0.15, 0.2) is 48.5 Å². The molecular formula is C15H11ClN4O4S. The Balaban J connectivity index is 1.93. The molecule has 2 aromatic rings. The molecule has 0 saturated heterocycles. The number of carbonyl (C=O) groups is 2. The van der Waals surface area contributed by atoms with Crippen molar-refractivity contribution in [1.29, 1.82) is 0 Å². The van der Waals surface area contributed by atoms with Crippen LogP contribution in [0.2, 0.25) is 5.02 Å². The number of thiocarbonyl (C=S) groups is 1. The molecule has 0 aliphatic carbocycles. The first-order valence-corrected chi connectivity index (χ1v) is 7.58. The summed E-state index contributed by atoms with van der Waals surface area (Å²) < 4.78 is 0. The summed E-state index contributed by atoms with van der Waals surface area (Å²) in [6.45, 7) is 0. The van der Waals surface area contributed by atoms with Crippen LogP contribution in [0.3, 0.4) is 0 Å². The van der Waals surface area contributed by atoms with Gasteiger partial charge in [0.25, 0.3) is 17.5 Å². The molecule has 0 spiro atoms. The van der Waals surface area contributed by atoms with E-state index in [0.29, 0.717) is 0 Å². The van der Waals surface area contributed by atoms with E-state index in [0.717, 1.165) is 6.07 Å². The van der Waals surface area contributed by atoms with Crippen LogP contribution in [0.4, 0.5) is 5.69 Å². The number of rotatable bonds is 3. The fraction of sp³-hybridized carbons (Fsp3) is 0. The van der Waals surface area contributed by atoms with Crippen molar-refractivity contribution in [3.8, 4) is 0 Å². The predicted octanol–water partition coefficient (Wildman–Crippen LogP) is 2.20. The molecule has 3 N–H and O–H groups in total. The summed E-state index contributed by atoms with van der Waals surface area (Å²) in [7, 11) is 0. The van der Waals surface area contributed by atoms with Crippen molar-refractivity contribution in [2.75, 3.05) is 0 Å².